The molecule has 1 aromatic heterocycles. The van der Waals surface area contributed by atoms with Crippen molar-refractivity contribution >= 4 is 17.5 Å². The summed E-state index contributed by atoms with van der Waals surface area (Å²) in [5.41, 5.74) is 6.23. The minimum atomic E-state index is -0.305. The second kappa shape index (κ2) is 6.17. The highest BCUT2D eigenvalue weighted by atomic mass is 16.2. The van der Waals surface area contributed by atoms with Gasteiger partial charge in [-0.25, -0.2) is 4.98 Å². The van der Waals surface area contributed by atoms with Gasteiger partial charge in [-0.05, 0) is 31.4 Å². The zero-order chi connectivity index (χ0) is 13.7. The van der Waals surface area contributed by atoms with Crippen LogP contribution in [-0.2, 0) is 4.79 Å². The van der Waals surface area contributed by atoms with Crippen LogP contribution in [0.1, 0.15) is 36.2 Å². The Morgan fingerprint density at radius 1 is 1.42 bits per heavy atom. The molecule has 0 unspecified atom stereocenters. The predicted molar refractivity (Wildman–Crippen MR) is 71.4 cm³/mol. The maximum Gasteiger partial charge on any atom is 0.272 e. The number of nitrogens with two attached hydrogens (primary N) is 1. The zero-order valence-electron chi connectivity index (χ0n) is 10.7. The van der Waals surface area contributed by atoms with Crippen molar-refractivity contribution in [3.8, 4) is 0 Å². The Bertz CT molecular complexity index is 471. The van der Waals surface area contributed by atoms with E-state index < -0.39 is 0 Å². The molecular formula is C13H18N4O2. The summed E-state index contributed by atoms with van der Waals surface area (Å²) >= 11 is 0. The molecule has 6 nitrogen and oxygen atoms in total. The average molecular weight is 262 g/mol. The van der Waals surface area contributed by atoms with Gasteiger partial charge in [0.2, 0.25) is 5.91 Å². The van der Waals surface area contributed by atoms with Crippen molar-refractivity contribution in [1.82, 2.24) is 15.6 Å². The molecule has 1 aliphatic rings. The second-order valence-corrected chi connectivity index (χ2v) is 4.64. The van der Waals surface area contributed by atoms with Crippen LogP contribution < -0.4 is 16.4 Å². The van der Waals surface area contributed by atoms with Gasteiger partial charge in [-0.2, -0.15) is 0 Å². The summed E-state index contributed by atoms with van der Waals surface area (Å²) in [5.74, 6) is -0.255. The highest BCUT2D eigenvalue weighted by Crippen LogP contribution is 2.18. The quantitative estimate of drug-likeness (QED) is 0.648. The molecule has 2 amide bonds. The van der Waals surface area contributed by atoms with Crippen molar-refractivity contribution in [3.63, 3.8) is 0 Å². The van der Waals surface area contributed by atoms with Gasteiger partial charge in [0.05, 0.1) is 5.69 Å². The molecule has 6 heteroatoms. The molecule has 0 aromatic carbocycles. The van der Waals surface area contributed by atoms with Crippen LogP contribution in [0.4, 0.5) is 5.69 Å². The number of aromatic nitrogens is 1. The van der Waals surface area contributed by atoms with E-state index in [0.29, 0.717) is 31.1 Å². The van der Waals surface area contributed by atoms with Gasteiger partial charge in [0.25, 0.3) is 5.91 Å². The van der Waals surface area contributed by atoms with Crippen LogP contribution in [0.3, 0.4) is 0 Å². The van der Waals surface area contributed by atoms with E-state index in [2.05, 4.69) is 15.6 Å². The third-order valence-corrected chi connectivity index (χ3v) is 2.86. The molecule has 1 aromatic rings. The number of hydrogen-bond acceptors (Lipinski definition) is 4. The second-order valence-electron chi connectivity index (χ2n) is 4.64. The fourth-order valence-electron chi connectivity index (χ4n) is 1.67. The molecule has 1 heterocycles. The molecule has 2 rings (SSSR count). The van der Waals surface area contributed by atoms with Gasteiger partial charge in [0, 0.05) is 25.2 Å². The highest BCUT2D eigenvalue weighted by molar-refractivity contribution is 5.96. The molecule has 0 bridgehead atoms. The van der Waals surface area contributed by atoms with E-state index in [0.717, 1.165) is 12.8 Å². The van der Waals surface area contributed by atoms with E-state index in [1.165, 1.54) is 6.20 Å². The molecule has 102 valence electrons. The Kier molecular flexibility index (Phi) is 4.33. The van der Waals surface area contributed by atoms with Crippen LogP contribution in [0.2, 0.25) is 0 Å². The lowest BCUT2D eigenvalue weighted by molar-refractivity contribution is -0.121. The highest BCUT2D eigenvalue weighted by Gasteiger charge is 2.22. The molecule has 0 atom stereocenters. The first-order valence-corrected chi connectivity index (χ1v) is 6.45. The van der Waals surface area contributed by atoms with Gasteiger partial charge >= 0.3 is 0 Å². The Morgan fingerprint density at radius 2 is 2.21 bits per heavy atom. The molecule has 19 heavy (non-hydrogen) atoms. The van der Waals surface area contributed by atoms with Crippen LogP contribution in [0, 0.1) is 0 Å². The van der Waals surface area contributed by atoms with Gasteiger partial charge in [-0.15, -0.1) is 0 Å². The van der Waals surface area contributed by atoms with E-state index in [-0.39, 0.29) is 17.5 Å². The number of carbonyl (C=O) groups is 2. The third-order valence-electron chi connectivity index (χ3n) is 2.86. The smallest absolute Gasteiger partial charge is 0.272 e. The number of nitrogens with one attached hydrogen (secondary N) is 2. The number of nitrogen functional groups attached to an aromatic ring is 1. The fraction of sp³-hybridized carbons (Fsp3) is 0.462. The van der Waals surface area contributed by atoms with Crippen molar-refractivity contribution in [2.45, 2.75) is 31.7 Å². The Labute approximate surface area is 111 Å². The monoisotopic (exact) mass is 262 g/mol. The minimum Gasteiger partial charge on any atom is -0.397 e. The van der Waals surface area contributed by atoms with Gasteiger partial charge < -0.3 is 16.4 Å². The predicted octanol–water partition coefficient (Wildman–Crippen LogP) is 0.452. The van der Waals surface area contributed by atoms with Gasteiger partial charge in [0.15, 0.2) is 5.69 Å². The SMILES string of the molecule is Nc1cccnc1C(=O)NCCCC(=O)NC1CC1. The van der Waals surface area contributed by atoms with Crippen LogP contribution >= 0.6 is 0 Å². The van der Waals surface area contributed by atoms with Crippen molar-refractivity contribution < 1.29 is 9.59 Å². The van der Waals surface area contributed by atoms with Crippen molar-refractivity contribution in [3.05, 3.63) is 24.0 Å². The molecule has 1 saturated carbocycles. The molecule has 4 N–H and O–H groups in total. The normalized spacial score (nSPS) is 13.9. The summed E-state index contributed by atoms with van der Waals surface area (Å²) in [7, 11) is 0. The summed E-state index contributed by atoms with van der Waals surface area (Å²) in [5, 5.41) is 5.60. The standard InChI is InChI=1S/C13H18N4O2/c14-10-3-1-7-15-12(10)13(19)16-8-2-4-11(18)17-9-5-6-9/h1,3,7,9H,2,4-6,8,14H2,(H,16,19)(H,17,18). The number of hydrogen-bond donors (Lipinski definition) is 3. The van der Waals surface area contributed by atoms with Crippen LogP contribution in [0.5, 0.6) is 0 Å². The first-order valence-electron chi connectivity index (χ1n) is 6.45. The van der Waals surface area contributed by atoms with Crippen LogP contribution in [0.15, 0.2) is 18.3 Å². The maximum absolute atomic E-state index is 11.7. The van der Waals surface area contributed by atoms with E-state index in [4.69, 9.17) is 5.73 Å². The van der Waals surface area contributed by atoms with Crippen LogP contribution in [-0.4, -0.2) is 29.4 Å². The van der Waals surface area contributed by atoms with E-state index >= 15 is 0 Å². The third kappa shape index (κ3) is 4.24. The Morgan fingerprint density at radius 3 is 2.89 bits per heavy atom. The molecule has 0 spiro atoms. The molecule has 0 aliphatic heterocycles. The first kappa shape index (κ1) is 13.3. The van der Waals surface area contributed by atoms with Gasteiger partial charge in [-0.1, -0.05) is 0 Å². The average Bonchev–Trinajstić information content (AvgIpc) is 3.19. The van der Waals surface area contributed by atoms with E-state index in [9.17, 15) is 9.59 Å². The summed E-state index contributed by atoms with van der Waals surface area (Å²) in [6, 6.07) is 3.69. The lowest BCUT2D eigenvalue weighted by atomic mass is 10.2. The fourth-order valence-corrected chi connectivity index (χ4v) is 1.67. The molecular weight excluding hydrogens is 244 g/mol. The maximum atomic E-state index is 11.7. The number of pyridine rings is 1. The molecule has 1 aliphatic carbocycles. The molecule has 0 saturated heterocycles. The number of anilines is 1. The Hall–Kier alpha value is -2.11. The molecule has 0 radical (unpaired) electrons. The van der Waals surface area contributed by atoms with Crippen molar-refractivity contribution in [1.29, 1.82) is 0 Å². The van der Waals surface area contributed by atoms with E-state index in [1.54, 1.807) is 12.1 Å². The van der Waals surface area contributed by atoms with Crippen LogP contribution in [0.25, 0.3) is 0 Å². The number of carbonyl (C=O) groups excluding carboxylic acids is 2. The summed E-state index contributed by atoms with van der Waals surface area (Å²) in [6.45, 7) is 0.437. The van der Waals surface area contributed by atoms with Gasteiger partial charge in [-0.3, -0.25) is 9.59 Å². The first-order chi connectivity index (χ1) is 9.16. The number of amides is 2. The number of nitrogens with zero attached hydrogens (tertiary/aromatic N) is 1. The minimum absolute atomic E-state index is 0.0501. The number of rotatable bonds is 6. The topological polar surface area (TPSA) is 97.1 Å². The lowest BCUT2D eigenvalue weighted by Crippen LogP contribution is -2.29. The Balaban J connectivity index is 1.66. The summed E-state index contributed by atoms with van der Waals surface area (Å²) < 4.78 is 0. The van der Waals surface area contributed by atoms with E-state index in [1.807, 2.05) is 0 Å². The van der Waals surface area contributed by atoms with Crippen molar-refractivity contribution in [2.75, 3.05) is 12.3 Å². The lowest BCUT2D eigenvalue weighted by Gasteiger charge is -2.06. The largest absolute Gasteiger partial charge is 0.397 e. The summed E-state index contributed by atoms with van der Waals surface area (Å²) in [6.07, 6.45) is 4.72. The van der Waals surface area contributed by atoms with Gasteiger partial charge in [0.1, 0.15) is 0 Å². The molecule has 1 fully saturated rings. The summed E-state index contributed by atoms with van der Waals surface area (Å²) in [4.78, 5) is 27.1. The zero-order valence-corrected chi connectivity index (χ0v) is 10.7. The van der Waals surface area contributed by atoms with Crippen molar-refractivity contribution in [2.24, 2.45) is 0 Å².